The first-order valence-corrected chi connectivity index (χ1v) is 5.83. The summed E-state index contributed by atoms with van der Waals surface area (Å²) in [6.45, 7) is 1.53. The molecule has 1 rings (SSSR count). The molecule has 88 valence electrons. The van der Waals surface area contributed by atoms with E-state index in [0.29, 0.717) is 18.9 Å². The third-order valence-electron chi connectivity index (χ3n) is 3.08. The number of rotatable bonds is 5. The topological polar surface area (TPSA) is 61.4 Å². The van der Waals surface area contributed by atoms with Crippen molar-refractivity contribution in [1.29, 1.82) is 0 Å². The van der Waals surface area contributed by atoms with Crippen molar-refractivity contribution >= 4 is 5.91 Å². The molecule has 1 saturated carbocycles. The molecule has 4 heteroatoms. The molecule has 0 aromatic heterocycles. The average molecular weight is 214 g/mol. The Labute approximate surface area is 91.4 Å². The van der Waals surface area contributed by atoms with Gasteiger partial charge in [-0.2, -0.15) is 0 Å². The Hall–Kier alpha value is -0.610. The molecule has 2 atom stereocenters. The van der Waals surface area contributed by atoms with E-state index < -0.39 is 0 Å². The Morgan fingerprint density at radius 1 is 1.40 bits per heavy atom. The lowest BCUT2D eigenvalue weighted by Crippen LogP contribution is -2.35. The van der Waals surface area contributed by atoms with Gasteiger partial charge >= 0.3 is 0 Å². The number of hydrogen-bond donors (Lipinski definition) is 3. The maximum Gasteiger partial charge on any atom is 0.221 e. The van der Waals surface area contributed by atoms with Crippen molar-refractivity contribution in [3.8, 4) is 0 Å². The molecule has 0 heterocycles. The highest BCUT2D eigenvalue weighted by Gasteiger charge is 2.22. The van der Waals surface area contributed by atoms with Gasteiger partial charge in [0.25, 0.3) is 0 Å². The van der Waals surface area contributed by atoms with E-state index in [1.165, 1.54) is 6.42 Å². The van der Waals surface area contributed by atoms with Crippen molar-refractivity contribution in [2.75, 3.05) is 20.1 Å². The molecule has 0 aromatic rings. The summed E-state index contributed by atoms with van der Waals surface area (Å²) in [5, 5.41) is 15.5. The molecule has 0 saturated heterocycles. The maximum atomic E-state index is 10.9. The predicted octanol–water partition coefficient (Wildman–Crippen LogP) is 0.263. The highest BCUT2D eigenvalue weighted by molar-refractivity contribution is 5.75. The molecule has 3 N–H and O–H groups in total. The largest absolute Gasteiger partial charge is 0.393 e. The number of hydrogen-bond acceptors (Lipinski definition) is 3. The lowest BCUT2D eigenvalue weighted by Gasteiger charge is -2.27. The Balaban J connectivity index is 2.06. The van der Waals surface area contributed by atoms with Crippen molar-refractivity contribution < 1.29 is 9.90 Å². The van der Waals surface area contributed by atoms with Crippen LogP contribution in [0, 0.1) is 5.92 Å². The first kappa shape index (κ1) is 12.5. The SMILES string of the molecule is CNC(=O)CCNCC1CCCCC1O. The minimum atomic E-state index is -0.147. The van der Waals surface area contributed by atoms with Crippen LogP contribution in [0.4, 0.5) is 0 Å². The zero-order valence-electron chi connectivity index (χ0n) is 9.46. The van der Waals surface area contributed by atoms with Gasteiger partial charge in [0, 0.05) is 26.6 Å². The van der Waals surface area contributed by atoms with Crippen molar-refractivity contribution in [3.63, 3.8) is 0 Å². The van der Waals surface area contributed by atoms with Crippen LogP contribution in [-0.4, -0.2) is 37.3 Å². The number of carbonyl (C=O) groups is 1. The molecular weight excluding hydrogens is 192 g/mol. The van der Waals surface area contributed by atoms with Crippen LogP contribution in [-0.2, 0) is 4.79 Å². The summed E-state index contributed by atoms with van der Waals surface area (Å²) < 4.78 is 0. The second-order valence-electron chi connectivity index (χ2n) is 4.24. The van der Waals surface area contributed by atoms with Gasteiger partial charge in [0.15, 0.2) is 0 Å². The van der Waals surface area contributed by atoms with Gasteiger partial charge in [-0.1, -0.05) is 12.8 Å². The van der Waals surface area contributed by atoms with E-state index in [4.69, 9.17) is 0 Å². The van der Waals surface area contributed by atoms with Crippen LogP contribution >= 0.6 is 0 Å². The monoisotopic (exact) mass is 214 g/mol. The summed E-state index contributed by atoms with van der Waals surface area (Å²) in [4.78, 5) is 10.9. The summed E-state index contributed by atoms with van der Waals surface area (Å²) in [6, 6.07) is 0. The molecule has 0 spiro atoms. The summed E-state index contributed by atoms with van der Waals surface area (Å²) in [5.74, 6) is 0.440. The molecule has 1 aliphatic carbocycles. The van der Waals surface area contributed by atoms with Crippen LogP contribution in [0.25, 0.3) is 0 Å². The zero-order chi connectivity index (χ0) is 11.1. The van der Waals surface area contributed by atoms with Crippen molar-refractivity contribution in [2.45, 2.75) is 38.2 Å². The van der Waals surface area contributed by atoms with E-state index in [2.05, 4.69) is 10.6 Å². The first-order chi connectivity index (χ1) is 7.24. The van der Waals surface area contributed by atoms with Crippen molar-refractivity contribution in [2.24, 2.45) is 5.92 Å². The van der Waals surface area contributed by atoms with E-state index >= 15 is 0 Å². The molecule has 0 aliphatic heterocycles. The number of nitrogens with one attached hydrogen (secondary N) is 2. The Morgan fingerprint density at radius 3 is 2.80 bits per heavy atom. The molecule has 15 heavy (non-hydrogen) atoms. The summed E-state index contributed by atoms with van der Waals surface area (Å²) in [6.07, 6.45) is 4.77. The number of aliphatic hydroxyl groups is 1. The minimum absolute atomic E-state index is 0.0618. The van der Waals surface area contributed by atoms with Gasteiger partial charge in [-0.05, 0) is 18.8 Å². The van der Waals surface area contributed by atoms with Gasteiger partial charge in [0.05, 0.1) is 6.10 Å². The Morgan fingerprint density at radius 2 is 2.13 bits per heavy atom. The molecular formula is C11H22N2O2. The molecule has 0 bridgehead atoms. The Bertz CT molecular complexity index is 197. The number of aliphatic hydroxyl groups excluding tert-OH is 1. The van der Waals surface area contributed by atoms with Gasteiger partial charge in [-0.15, -0.1) is 0 Å². The van der Waals surface area contributed by atoms with Crippen molar-refractivity contribution in [3.05, 3.63) is 0 Å². The quantitative estimate of drug-likeness (QED) is 0.575. The fourth-order valence-electron chi connectivity index (χ4n) is 2.04. The second-order valence-corrected chi connectivity index (χ2v) is 4.24. The minimum Gasteiger partial charge on any atom is -0.393 e. The zero-order valence-corrected chi connectivity index (χ0v) is 9.46. The molecule has 0 radical (unpaired) electrons. The van der Waals surface area contributed by atoms with E-state index in [0.717, 1.165) is 25.8 Å². The van der Waals surface area contributed by atoms with Crippen LogP contribution in [0.3, 0.4) is 0 Å². The van der Waals surface area contributed by atoms with E-state index in [1.807, 2.05) is 0 Å². The van der Waals surface area contributed by atoms with E-state index in [1.54, 1.807) is 7.05 Å². The van der Waals surface area contributed by atoms with Crippen LogP contribution in [0.2, 0.25) is 0 Å². The van der Waals surface area contributed by atoms with Crippen LogP contribution < -0.4 is 10.6 Å². The third kappa shape index (κ3) is 4.62. The summed E-state index contributed by atoms with van der Waals surface area (Å²) in [5.41, 5.74) is 0. The highest BCUT2D eigenvalue weighted by atomic mass is 16.3. The molecule has 4 nitrogen and oxygen atoms in total. The highest BCUT2D eigenvalue weighted by Crippen LogP contribution is 2.23. The van der Waals surface area contributed by atoms with Gasteiger partial charge < -0.3 is 15.7 Å². The normalized spacial score (nSPS) is 26.3. The van der Waals surface area contributed by atoms with E-state index in [-0.39, 0.29) is 12.0 Å². The summed E-state index contributed by atoms with van der Waals surface area (Å²) in [7, 11) is 1.65. The third-order valence-corrected chi connectivity index (χ3v) is 3.08. The average Bonchev–Trinajstić information content (AvgIpc) is 2.26. The van der Waals surface area contributed by atoms with Gasteiger partial charge in [-0.3, -0.25) is 4.79 Å². The van der Waals surface area contributed by atoms with Gasteiger partial charge in [-0.25, -0.2) is 0 Å². The van der Waals surface area contributed by atoms with Crippen LogP contribution in [0.5, 0.6) is 0 Å². The Kier molecular flexibility index (Phi) is 5.65. The van der Waals surface area contributed by atoms with Crippen LogP contribution in [0.1, 0.15) is 32.1 Å². The molecule has 1 fully saturated rings. The molecule has 1 aliphatic rings. The number of carbonyl (C=O) groups excluding carboxylic acids is 1. The second kappa shape index (κ2) is 6.80. The smallest absolute Gasteiger partial charge is 0.221 e. The lowest BCUT2D eigenvalue weighted by molar-refractivity contribution is -0.120. The van der Waals surface area contributed by atoms with Crippen molar-refractivity contribution in [1.82, 2.24) is 10.6 Å². The molecule has 1 amide bonds. The molecule has 2 unspecified atom stereocenters. The van der Waals surface area contributed by atoms with Gasteiger partial charge in [0.2, 0.25) is 5.91 Å². The maximum absolute atomic E-state index is 10.9. The predicted molar refractivity (Wildman–Crippen MR) is 59.5 cm³/mol. The number of amides is 1. The standard InChI is InChI=1S/C11H22N2O2/c1-12-11(15)6-7-13-8-9-4-2-3-5-10(9)14/h9-10,13-14H,2-8H2,1H3,(H,12,15). The van der Waals surface area contributed by atoms with E-state index in [9.17, 15) is 9.90 Å². The van der Waals surface area contributed by atoms with Gasteiger partial charge in [0.1, 0.15) is 0 Å². The fourth-order valence-corrected chi connectivity index (χ4v) is 2.04. The lowest BCUT2D eigenvalue weighted by atomic mass is 9.86. The fraction of sp³-hybridized carbons (Fsp3) is 0.909. The van der Waals surface area contributed by atoms with Crippen LogP contribution in [0.15, 0.2) is 0 Å². The molecule has 0 aromatic carbocycles. The first-order valence-electron chi connectivity index (χ1n) is 5.83. The summed E-state index contributed by atoms with van der Waals surface area (Å²) >= 11 is 0.